The average Bonchev–Trinajstić information content (AvgIpc) is 1.77. The maximum absolute atomic E-state index is 9.05. The van der Waals surface area contributed by atoms with Crippen LogP contribution in [0.5, 0.6) is 0 Å². The summed E-state index contributed by atoms with van der Waals surface area (Å²) in [5, 5.41) is 17.9. The molecule has 1 aliphatic rings. The maximum atomic E-state index is 9.05. The third kappa shape index (κ3) is 1.40. The van der Waals surface area contributed by atoms with Crippen molar-refractivity contribution in [2.24, 2.45) is 0 Å². The summed E-state index contributed by atoms with van der Waals surface area (Å²) in [5.74, 6) is -1.53. The molecule has 0 aromatic carbocycles. The van der Waals surface area contributed by atoms with Crippen LogP contribution < -0.4 is 0 Å². The quantitative estimate of drug-likeness (QED) is 0.449. The van der Waals surface area contributed by atoms with Gasteiger partial charge in [-0.05, 0) is 6.92 Å². The molecule has 0 saturated carbocycles. The highest BCUT2D eigenvalue weighted by molar-refractivity contribution is 4.66. The molecule has 0 aliphatic carbocycles. The molecule has 4 heteroatoms. The van der Waals surface area contributed by atoms with E-state index in [0.717, 1.165) is 0 Å². The van der Waals surface area contributed by atoms with Gasteiger partial charge in [-0.1, -0.05) is 0 Å². The van der Waals surface area contributed by atoms with Gasteiger partial charge in [0.1, 0.15) is 0 Å². The smallest absolute Gasteiger partial charge is 0.215 e. The van der Waals surface area contributed by atoms with Crippen LogP contribution in [0.3, 0.4) is 0 Å². The molecule has 4 nitrogen and oxygen atoms in total. The number of ether oxygens (including phenoxy) is 2. The lowest BCUT2D eigenvalue weighted by Gasteiger charge is -2.32. The monoisotopic (exact) mass is 134 g/mol. The average molecular weight is 134 g/mol. The summed E-state index contributed by atoms with van der Waals surface area (Å²) in [6.07, 6.45) is -1.22. The van der Waals surface area contributed by atoms with E-state index in [2.05, 4.69) is 4.74 Å². The van der Waals surface area contributed by atoms with E-state index < -0.39 is 12.1 Å². The predicted octanol–water partition coefficient (Wildman–Crippen LogP) is -0.940. The second kappa shape index (κ2) is 2.22. The highest BCUT2D eigenvalue weighted by atomic mass is 16.7. The normalized spacial score (nSPS) is 45.0. The summed E-state index contributed by atoms with van der Waals surface area (Å²) in [7, 11) is 0. The van der Waals surface area contributed by atoms with Crippen LogP contribution in [0.2, 0.25) is 0 Å². The molecule has 9 heavy (non-hydrogen) atoms. The first kappa shape index (κ1) is 6.95. The molecule has 1 fully saturated rings. The largest absolute Gasteiger partial charge is 0.364 e. The maximum Gasteiger partial charge on any atom is 0.215 e. The summed E-state index contributed by atoms with van der Waals surface area (Å²) >= 11 is 0. The Morgan fingerprint density at radius 1 is 1.56 bits per heavy atom. The molecule has 2 atom stereocenters. The lowest BCUT2D eigenvalue weighted by molar-refractivity contribution is -0.350. The molecule has 0 amide bonds. The highest BCUT2D eigenvalue weighted by Gasteiger charge is 2.35. The van der Waals surface area contributed by atoms with E-state index in [1.807, 2.05) is 0 Å². The topological polar surface area (TPSA) is 58.9 Å². The molecule has 0 aromatic rings. The molecule has 54 valence electrons. The zero-order valence-corrected chi connectivity index (χ0v) is 5.20. The van der Waals surface area contributed by atoms with E-state index in [9.17, 15) is 0 Å². The summed E-state index contributed by atoms with van der Waals surface area (Å²) in [5.41, 5.74) is 0. The fraction of sp³-hybridized carbons (Fsp3) is 1.00. The number of rotatable bonds is 0. The Labute approximate surface area is 53.0 Å². The van der Waals surface area contributed by atoms with Crippen molar-refractivity contribution in [1.82, 2.24) is 0 Å². The van der Waals surface area contributed by atoms with Crippen LogP contribution in [0.15, 0.2) is 0 Å². The van der Waals surface area contributed by atoms with Crippen LogP contribution in [-0.4, -0.2) is 35.5 Å². The highest BCUT2D eigenvalue weighted by Crippen LogP contribution is 2.16. The summed E-state index contributed by atoms with van der Waals surface area (Å²) in [6, 6.07) is 0. The summed E-state index contributed by atoms with van der Waals surface area (Å²) in [6.45, 7) is 2.01. The molecule has 0 spiro atoms. The molecule has 1 aliphatic heterocycles. The molecule has 1 heterocycles. The van der Waals surface area contributed by atoms with Gasteiger partial charge in [-0.15, -0.1) is 0 Å². The van der Waals surface area contributed by atoms with Crippen LogP contribution in [0.1, 0.15) is 6.92 Å². The van der Waals surface area contributed by atoms with Crippen molar-refractivity contribution in [1.29, 1.82) is 0 Å². The van der Waals surface area contributed by atoms with Crippen molar-refractivity contribution in [3.63, 3.8) is 0 Å². The molecule has 0 aromatic heterocycles. The Kier molecular flexibility index (Phi) is 1.72. The molecule has 2 N–H and O–H groups in total. The Morgan fingerprint density at radius 3 is 2.56 bits per heavy atom. The summed E-state index contributed by atoms with van der Waals surface area (Å²) in [4.78, 5) is 0. The Hall–Kier alpha value is -0.160. The van der Waals surface area contributed by atoms with Gasteiger partial charge < -0.3 is 19.7 Å². The molecule has 0 bridgehead atoms. The van der Waals surface area contributed by atoms with Crippen LogP contribution in [-0.2, 0) is 9.47 Å². The number of hydrogen-bond donors (Lipinski definition) is 2. The molecule has 0 radical (unpaired) electrons. The van der Waals surface area contributed by atoms with Crippen LogP contribution in [0, 0.1) is 0 Å². The minimum absolute atomic E-state index is 0.323. The SMILES string of the molecule is C[C@@]1(O)OCCO[C@@H]1O. The fourth-order valence-electron chi connectivity index (χ4n) is 0.634. The van der Waals surface area contributed by atoms with Gasteiger partial charge in [0.05, 0.1) is 13.2 Å². The van der Waals surface area contributed by atoms with Crippen molar-refractivity contribution in [3.05, 3.63) is 0 Å². The zero-order valence-electron chi connectivity index (χ0n) is 5.20. The first-order chi connectivity index (χ1) is 4.13. The Bertz CT molecular complexity index is 101. The first-order valence-electron chi connectivity index (χ1n) is 2.79. The first-order valence-corrected chi connectivity index (χ1v) is 2.79. The van der Waals surface area contributed by atoms with Gasteiger partial charge in [0.2, 0.25) is 12.1 Å². The van der Waals surface area contributed by atoms with Gasteiger partial charge in [0, 0.05) is 0 Å². The Balaban J connectivity index is 2.49. The van der Waals surface area contributed by atoms with Crippen molar-refractivity contribution in [2.75, 3.05) is 13.2 Å². The zero-order chi connectivity index (χ0) is 6.91. The van der Waals surface area contributed by atoms with Crippen LogP contribution in [0.25, 0.3) is 0 Å². The van der Waals surface area contributed by atoms with E-state index in [-0.39, 0.29) is 0 Å². The van der Waals surface area contributed by atoms with Crippen molar-refractivity contribution >= 4 is 0 Å². The Morgan fingerprint density at radius 2 is 2.22 bits per heavy atom. The minimum atomic E-state index is -1.53. The fourth-order valence-corrected chi connectivity index (χ4v) is 0.634. The molecular formula is C5H10O4. The third-order valence-corrected chi connectivity index (χ3v) is 1.21. The van der Waals surface area contributed by atoms with E-state index in [1.165, 1.54) is 6.92 Å². The van der Waals surface area contributed by atoms with E-state index in [0.29, 0.717) is 13.2 Å². The van der Waals surface area contributed by atoms with E-state index in [1.54, 1.807) is 0 Å². The van der Waals surface area contributed by atoms with Gasteiger partial charge in [-0.3, -0.25) is 0 Å². The second-order valence-electron chi connectivity index (χ2n) is 2.13. The molecule has 1 rings (SSSR count). The molecule has 0 unspecified atom stereocenters. The number of aliphatic hydroxyl groups is 2. The third-order valence-electron chi connectivity index (χ3n) is 1.21. The van der Waals surface area contributed by atoms with Gasteiger partial charge in [-0.25, -0.2) is 0 Å². The van der Waals surface area contributed by atoms with Crippen molar-refractivity contribution < 1.29 is 19.7 Å². The lowest BCUT2D eigenvalue weighted by Crippen LogP contribution is -2.48. The van der Waals surface area contributed by atoms with Crippen molar-refractivity contribution in [2.45, 2.75) is 19.0 Å². The number of hydrogen-bond acceptors (Lipinski definition) is 4. The number of aliphatic hydroxyl groups excluding tert-OH is 1. The van der Waals surface area contributed by atoms with Gasteiger partial charge in [-0.2, -0.15) is 0 Å². The molecule has 1 saturated heterocycles. The van der Waals surface area contributed by atoms with Crippen molar-refractivity contribution in [3.8, 4) is 0 Å². The van der Waals surface area contributed by atoms with E-state index in [4.69, 9.17) is 14.9 Å². The van der Waals surface area contributed by atoms with E-state index >= 15 is 0 Å². The van der Waals surface area contributed by atoms with Crippen LogP contribution >= 0.6 is 0 Å². The van der Waals surface area contributed by atoms with Gasteiger partial charge >= 0.3 is 0 Å². The summed E-state index contributed by atoms with van der Waals surface area (Å²) < 4.78 is 9.43. The van der Waals surface area contributed by atoms with Crippen LogP contribution in [0.4, 0.5) is 0 Å². The molecular weight excluding hydrogens is 124 g/mol. The minimum Gasteiger partial charge on any atom is -0.364 e. The lowest BCUT2D eigenvalue weighted by atomic mass is 10.3. The standard InChI is InChI=1S/C5H10O4/c1-5(7)4(6)8-2-3-9-5/h4,6-7H,2-3H2,1H3/t4-,5+/m0/s1. The predicted molar refractivity (Wildman–Crippen MR) is 28.5 cm³/mol. The van der Waals surface area contributed by atoms with Gasteiger partial charge in [0.25, 0.3) is 0 Å². The van der Waals surface area contributed by atoms with Gasteiger partial charge in [0.15, 0.2) is 0 Å². The second-order valence-corrected chi connectivity index (χ2v) is 2.13.